The van der Waals surface area contributed by atoms with Gasteiger partial charge in [0.25, 0.3) is 5.91 Å². The molecule has 0 aliphatic heterocycles. The summed E-state index contributed by atoms with van der Waals surface area (Å²) < 4.78 is 0. The molecular weight excluding hydrogens is 268 g/mol. The van der Waals surface area contributed by atoms with Crippen LogP contribution in [0.15, 0.2) is 18.2 Å². The van der Waals surface area contributed by atoms with Crippen LogP contribution in [-0.2, 0) is 4.79 Å². The van der Waals surface area contributed by atoms with Crippen LogP contribution >= 0.6 is 0 Å². The van der Waals surface area contributed by atoms with E-state index in [0.717, 1.165) is 25.8 Å². The van der Waals surface area contributed by atoms with Crippen LogP contribution in [-0.4, -0.2) is 35.9 Å². The Morgan fingerprint density at radius 3 is 2.81 bits per heavy atom. The number of hydrogen-bond acceptors (Lipinski definition) is 4. The van der Waals surface area contributed by atoms with E-state index < -0.39 is 0 Å². The van der Waals surface area contributed by atoms with Gasteiger partial charge in [-0.3, -0.25) is 9.59 Å². The Bertz CT molecular complexity index is 500. The quantitative estimate of drug-likeness (QED) is 0.674. The predicted molar refractivity (Wildman–Crippen MR) is 81.1 cm³/mol. The van der Waals surface area contributed by atoms with Crippen molar-refractivity contribution in [1.29, 1.82) is 0 Å². The average molecular weight is 290 g/mol. The maximum absolute atomic E-state index is 12.0. The molecule has 1 aromatic rings. The van der Waals surface area contributed by atoms with Crippen molar-refractivity contribution in [1.82, 2.24) is 15.6 Å². The Morgan fingerprint density at radius 1 is 1.29 bits per heavy atom. The number of carbonyl (C=O) groups is 2. The smallest absolute Gasteiger partial charge is 0.269 e. The lowest BCUT2D eigenvalue weighted by Gasteiger charge is -2.07. The summed E-state index contributed by atoms with van der Waals surface area (Å²) in [6, 6.07) is 5.64. The van der Waals surface area contributed by atoms with Crippen molar-refractivity contribution in [3.63, 3.8) is 0 Å². The number of rotatable bonds is 8. The van der Waals surface area contributed by atoms with E-state index in [0.29, 0.717) is 30.5 Å². The first-order valence-corrected chi connectivity index (χ1v) is 7.47. The molecule has 1 saturated carbocycles. The molecule has 1 aliphatic carbocycles. The third-order valence-electron chi connectivity index (χ3n) is 3.12. The van der Waals surface area contributed by atoms with E-state index in [1.54, 1.807) is 12.1 Å². The standard InChI is InChI=1S/C15H22N4O2/c1-2-9-16-13-5-3-4-12(19-13)15(21)17-10-8-14(20)18-11-6-7-11/h3-5,11H,2,6-10H2,1H3,(H,16,19)(H,17,21)(H,18,20). The van der Waals surface area contributed by atoms with Gasteiger partial charge in [0.05, 0.1) is 0 Å². The van der Waals surface area contributed by atoms with Gasteiger partial charge in [-0.25, -0.2) is 4.98 Å². The van der Waals surface area contributed by atoms with E-state index in [1.165, 1.54) is 0 Å². The van der Waals surface area contributed by atoms with E-state index in [-0.39, 0.29) is 11.8 Å². The molecule has 0 spiro atoms. The first-order chi connectivity index (χ1) is 10.2. The molecule has 21 heavy (non-hydrogen) atoms. The first-order valence-electron chi connectivity index (χ1n) is 7.47. The Kier molecular flexibility index (Phi) is 5.54. The van der Waals surface area contributed by atoms with Gasteiger partial charge in [0.2, 0.25) is 5.91 Å². The maximum atomic E-state index is 12.0. The number of carbonyl (C=O) groups excluding carboxylic acids is 2. The molecular formula is C15H22N4O2. The minimum Gasteiger partial charge on any atom is -0.370 e. The van der Waals surface area contributed by atoms with E-state index in [4.69, 9.17) is 0 Å². The molecule has 114 valence electrons. The second kappa shape index (κ2) is 7.61. The summed E-state index contributed by atoms with van der Waals surface area (Å²) in [6.07, 6.45) is 3.43. The van der Waals surface area contributed by atoms with Gasteiger partial charge >= 0.3 is 0 Å². The number of anilines is 1. The molecule has 0 bridgehead atoms. The molecule has 1 aliphatic rings. The van der Waals surface area contributed by atoms with E-state index >= 15 is 0 Å². The molecule has 1 heterocycles. The number of pyridine rings is 1. The van der Waals surface area contributed by atoms with E-state index in [2.05, 4.69) is 27.9 Å². The van der Waals surface area contributed by atoms with Crippen LogP contribution in [0.4, 0.5) is 5.82 Å². The fraction of sp³-hybridized carbons (Fsp3) is 0.533. The maximum Gasteiger partial charge on any atom is 0.269 e. The minimum atomic E-state index is -0.255. The largest absolute Gasteiger partial charge is 0.370 e. The van der Waals surface area contributed by atoms with Gasteiger partial charge in [-0.1, -0.05) is 13.0 Å². The Balaban J connectivity index is 1.75. The van der Waals surface area contributed by atoms with Crippen LogP contribution in [0.5, 0.6) is 0 Å². The summed E-state index contributed by atoms with van der Waals surface area (Å²) in [5.41, 5.74) is 0.360. The normalized spacial score (nSPS) is 13.6. The highest BCUT2D eigenvalue weighted by Gasteiger charge is 2.22. The summed E-state index contributed by atoms with van der Waals surface area (Å²) >= 11 is 0. The van der Waals surface area contributed by atoms with Crippen LogP contribution in [0.3, 0.4) is 0 Å². The molecule has 1 aromatic heterocycles. The molecule has 2 amide bonds. The summed E-state index contributed by atoms with van der Waals surface area (Å²) in [5, 5.41) is 8.74. The lowest BCUT2D eigenvalue weighted by Crippen LogP contribution is -2.32. The van der Waals surface area contributed by atoms with Crippen LogP contribution in [0, 0.1) is 0 Å². The van der Waals surface area contributed by atoms with Gasteiger partial charge in [-0.15, -0.1) is 0 Å². The third kappa shape index (κ3) is 5.41. The molecule has 0 saturated heterocycles. The zero-order valence-corrected chi connectivity index (χ0v) is 12.3. The molecule has 3 N–H and O–H groups in total. The van der Waals surface area contributed by atoms with Crippen molar-refractivity contribution in [2.45, 2.75) is 38.6 Å². The minimum absolute atomic E-state index is 0.0101. The number of aromatic nitrogens is 1. The van der Waals surface area contributed by atoms with Crippen molar-refractivity contribution >= 4 is 17.6 Å². The van der Waals surface area contributed by atoms with Crippen molar-refractivity contribution in [3.8, 4) is 0 Å². The number of nitrogens with one attached hydrogen (secondary N) is 3. The van der Waals surface area contributed by atoms with Crippen LogP contribution in [0.2, 0.25) is 0 Å². The van der Waals surface area contributed by atoms with Crippen molar-refractivity contribution < 1.29 is 9.59 Å². The highest BCUT2D eigenvalue weighted by atomic mass is 16.2. The molecule has 0 atom stereocenters. The molecule has 6 nitrogen and oxygen atoms in total. The molecule has 0 radical (unpaired) electrons. The lowest BCUT2D eigenvalue weighted by molar-refractivity contribution is -0.121. The van der Waals surface area contributed by atoms with Gasteiger partial charge in [-0.2, -0.15) is 0 Å². The monoisotopic (exact) mass is 290 g/mol. The highest BCUT2D eigenvalue weighted by Crippen LogP contribution is 2.18. The zero-order valence-electron chi connectivity index (χ0n) is 12.3. The van der Waals surface area contributed by atoms with Gasteiger partial charge in [0.1, 0.15) is 11.5 Å². The summed E-state index contributed by atoms with van der Waals surface area (Å²) in [4.78, 5) is 27.7. The highest BCUT2D eigenvalue weighted by molar-refractivity contribution is 5.92. The molecule has 0 unspecified atom stereocenters. The molecule has 6 heteroatoms. The van der Waals surface area contributed by atoms with Crippen molar-refractivity contribution in [2.24, 2.45) is 0 Å². The Morgan fingerprint density at radius 2 is 2.10 bits per heavy atom. The lowest BCUT2D eigenvalue weighted by atomic mass is 10.3. The average Bonchev–Trinajstić information content (AvgIpc) is 3.29. The van der Waals surface area contributed by atoms with Gasteiger partial charge in [-0.05, 0) is 31.4 Å². The van der Waals surface area contributed by atoms with E-state index in [9.17, 15) is 9.59 Å². The van der Waals surface area contributed by atoms with Crippen molar-refractivity contribution in [2.75, 3.05) is 18.4 Å². The second-order valence-electron chi connectivity index (χ2n) is 5.18. The van der Waals surface area contributed by atoms with Gasteiger partial charge in [0, 0.05) is 25.6 Å². The molecule has 1 fully saturated rings. The topological polar surface area (TPSA) is 83.1 Å². The number of nitrogens with zero attached hydrogens (tertiary/aromatic N) is 1. The summed E-state index contributed by atoms with van der Waals surface area (Å²) in [5.74, 6) is 0.425. The van der Waals surface area contributed by atoms with Crippen LogP contribution in [0.1, 0.15) is 43.1 Å². The number of hydrogen-bond donors (Lipinski definition) is 3. The van der Waals surface area contributed by atoms with E-state index in [1.807, 2.05) is 6.07 Å². The fourth-order valence-corrected chi connectivity index (χ4v) is 1.82. The summed E-state index contributed by atoms with van der Waals surface area (Å²) in [7, 11) is 0. The zero-order chi connectivity index (χ0) is 15.1. The Labute approximate surface area is 124 Å². The van der Waals surface area contributed by atoms with Gasteiger partial charge < -0.3 is 16.0 Å². The summed E-state index contributed by atoms with van der Waals surface area (Å²) in [6.45, 7) is 3.21. The van der Waals surface area contributed by atoms with Gasteiger partial charge in [0.15, 0.2) is 0 Å². The third-order valence-corrected chi connectivity index (χ3v) is 3.12. The Hall–Kier alpha value is -2.11. The number of amides is 2. The first kappa shape index (κ1) is 15.3. The SMILES string of the molecule is CCCNc1cccc(C(=O)NCCC(=O)NC2CC2)n1. The second-order valence-corrected chi connectivity index (χ2v) is 5.18. The predicted octanol–water partition coefficient (Wildman–Crippen LogP) is 1.30. The fourth-order valence-electron chi connectivity index (χ4n) is 1.82. The molecule has 2 rings (SSSR count). The molecule has 0 aromatic carbocycles. The van der Waals surface area contributed by atoms with Crippen LogP contribution < -0.4 is 16.0 Å². The van der Waals surface area contributed by atoms with Crippen molar-refractivity contribution in [3.05, 3.63) is 23.9 Å². The van der Waals surface area contributed by atoms with Crippen LogP contribution in [0.25, 0.3) is 0 Å².